The zero-order valence-electron chi connectivity index (χ0n) is 11.8. The van der Waals surface area contributed by atoms with E-state index < -0.39 is 0 Å². The molecule has 6 nitrogen and oxygen atoms in total. The molecular formula is C13H23N5O. The van der Waals surface area contributed by atoms with E-state index in [2.05, 4.69) is 39.6 Å². The molecule has 2 rings (SSSR count). The Hall–Kier alpha value is -1.40. The molecule has 1 aliphatic heterocycles. The third kappa shape index (κ3) is 4.33. The molecule has 0 aromatic carbocycles. The normalized spacial score (nSPS) is 16.3. The monoisotopic (exact) mass is 265 g/mol. The summed E-state index contributed by atoms with van der Waals surface area (Å²) < 4.78 is 5.34. The number of nitrogens with one attached hydrogen (secondary N) is 2. The largest absolute Gasteiger partial charge is 0.379 e. The first-order valence-corrected chi connectivity index (χ1v) is 7.03. The second-order valence-electron chi connectivity index (χ2n) is 4.55. The summed E-state index contributed by atoms with van der Waals surface area (Å²) in [6, 6.07) is 1.96. The lowest BCUT2D eigenvalue weighted by molar-refractivity contribution is 0.0495. The van der Waals surface area contributed by atoms with Crippen LogP contribution < -0.4 is 10.7 Å². The second-order valence-corrected chi connectivity index (χ2v) is 4.55. The Morgan fingerprint density at radius 1 is 1.21 bits per heavy atom. The fraction of sp³-hybridized carbons (Fsp3) is 0.692. The van der Waals surface area contributed by atoms with Gasteiger partial charge in [-0.1, -0.05) is 6.92 Å². The molecule has 0 saturated carbocycles. The minimum absolute atomic E-state index is 0.764. The molecule has 0 spiro atoms. The van der Waals surface area contributed by atoms with Gasteiger partial charge < -0.3 is 15.5 Å². The van der Waals surface area contributed by atoms with E-state index in [-0.39, 0.29) is 0 Å². The summed E-state index contributed by atoms with van der Waals surface area (Å²) in [6.45, 7) is 8.35. The summed E-state index contributed by atoms with van der Waals surface area (Å²) in [4.78, 5) is 9.06. The number of hydrazine groups is 1. The Labute approximate surface area is 114 Å². The standard InChI is InChI=1S/C13H23N5O/c1-3-5-11-15-12(14-4-2)10-13(16-11)17-18-6-8-19-9-7-18/h10H,3-9H2,1-2H3,(H2,14,15,16,17). The summed E-state index contributed by atoms with van der Waals surface area (Å²) >= 11 is 0. The van der Waals surface area contributed by atoms with E-state index in [0.717, 1.165) is 63.1 Å². The molecule has 0 aliphatic carbocycles. The van der Waals surface area contributed by atoms with Gasteiger partial charge in [-0.3, -0.25) is 0 Å². The van der Waals surface area contributed by atoms with Crippen molar-refractivity contribution < 1.29 is 4.74 Å². The molecule has 1 aliphatic rings. The van der Waals surface area contributed by atoms with Crippen molar-refractivity contribution in [3.8, 4) is 0 Å². The fourth-order valence-electron chi connectivity index (χ4n) is 2.00. The number of morpholine rings is 1. The average molecular weight is 265 g/mol. The highest BCUT2D eigenvalue weighted by atomic mass is 16.5. The van der Waals surface area contributed by atoms with E-state index in [4.69, 9.17) is 4.74 Å². The maximum absolute atomic E-state index is 5.34. The Morgan fingerprint density at radius 3 is 2.63 bits per heavy atom. The maximum atomic E-state index is 5.34. The number of nitrogens with zero attached hydrogens (tertiary/aromatic N) is 3. The van der Waals surface area contributed by atoms with Gasteiger partial charge in [-0.05, 0) is 13.3 Å². The summed E-state index contributed by atoms with van der Waals surface area (Å²) in [5, 5.41) is 5.39. The SMILES string of the molecule is CCCc1nc(NCC)cc(NN2CCOCC2)n1. The van der Waals surface area contributed by atoms with Crippen LogP contribution in [0.15, 0.2) is 6.07 Å². The molecule has 0 unspecified atom stereocenters. The zero-order valence-corrected chi connectivity index (χ0v) is 11.8. The number of hydrogen-bond acceptors (Lipinski definition) is 6. The van der Waals surface area contributed by atoms with E-state index in [1.165, 1.54) is 0 Å². The van der Waals surface area contributed by atoms with Crippen molar-refractivity contribution in [2.75, 3.05) is 43.6 Å². The van der Waals surface area contributed by atoms with E-state index in [1.54, 1.807) is 0 Å². The number of anilines is 2. The number of aromatic nitrogens is 2. The van der Waals surface area contributed by atoms with Crippen LogP contribution in [-0.2, 0) is 11.2 Å². The molecule has 0 radical (unpaired) electrons. The lowest BCUT2D eigenvalue weighted by Crippen LogP contribution is -2.40. The predicted octanol–water partition coefficient (Wildman–Crippen LogP) is 1.52. The van der Waals surface area contributed by atoms with Gasteiger partial charge in [0.25, 0.3) is 0 Å². The smallest absolute Gasteiger partial charge is 0.146 e. The third-order valence-corrected chi connectivity index (χ3v) is 2.89. The van der Waals surface area contributed by atoms with Crippen molar-refractivity contribution in [1.82, 2.24) is 15.0 Å². The quantitative estimate of drug-likeness (QED) is 0.813. The summed E-state index contributed by atoms with van der Waals surface area (Å²) in [5.74, 6) is 2.63. The van der Waals surface area contributed by atoms with Gasteiger partial charge in [0.15, 0.2) is 0 Å². The summed E-state index contributed by atoms with van der Waals surface area (Å²) in [6.07, 6.45) is 1.95. The Bertz CT molecular complexity index is 368. The molecule has 19 heavy (non-hydrogen) atoms. The van der Waals surface area contributed by atoms with E-state index in [0.29, 0.717) is 0 Å². The molecule has 0 bridgehead atoms. The van der Waals surface area contributed by atoms with Crippen molar-refractivity contribution in [3.05, 3.63) is 11.9 Å². The highest BCUT2D eigenvalue weighted by Crippen LogP contribution is 2.13. The Morgan fingerprint density at radius 2 is 1.95 bits per heavy atom. The first kappa shape index (κ1) is 14.0. The third-order valence-electron chi connectivity index (χ3n) is 2.89. The molecule has 1 saturated heterocycles. The first-order chi connectivity index (χ1) is 9.31. The fourth-order valence-corrected chi connectivity index (χ4v) is 2.00. The van der Waals surface area contributed by atoms with Crippen LogP contribution in [0.25, 0.3) is 0 Å². The van der Waals surface area contributed by atoms with Crippen LogP contribution in [0.3, 0.4) is 0 Å². The van der Waals surface area contributed by atoms with Gasteiger partial charge in [-0.15, -0.1) is 0 Å². The lowest BCUT2D eigenvalue weighted by atomic mass is 10.3. The molecule has 2 N–H and O–H groups in total. The zero-order chi connectivity index (χ0) is 13.5. The molecule has 1 fully saturated rings. The highest BCUT2D eigenvalue weighted by molar-refractivity contribution is 5.47. The Kier molecular flexibility index (Phi) is 5.35. The van der Waals surface area contributed by atoms with Crippen LogP contribution in [0.5, 0.6) is 0 Å². The van der Waals surface area contributed by atoms with Gasteiger partial charge in [-0.25, -0.2) is 15.0 Å². The van der Waals surface area contributed by atoms with Crippen LogP contribution in [-0.4, -0.2) is 47.8 Å². The second kappa shape index (κ2) is 7.25. The van der Waals surface area contributed by atoms with Gasteiger partial charge in [-0.2, -0.15) is 0 Å². The molecule has 0 atom stereocenters. The molecule has 6 heteroatoms. The lowest BCUT2D eigenvalue weighted by Gasteiger charge is -2.27. The number of rotatable bonds is 6. The van der Waals surface area contributed by atoms with Gasteiger partial charge in [0.2, 0.25) is 0 Å². The van der Waals surface area contributed by atoms with Crippen LogP contribution in [0.4, 0.5) is 11.6 Å². The van der Waals surface area contributed by atoms with Gasteiger partial charge in [0.05, 0.1) is 13.2 Å². The van der Waals surface area contributed by atoms with Crippen molar-refractivity contribution >= 4 is 11.6 Å². The maximum Gasteiger partial charge on any atom is 0.146 e. The van der Waals surface area contributed by atoms with E-state index in [1.807, 2.05) is 6.07 Å². The van der Waals surface area contributed by atoms with Gasteiger partial charge in [0, 0.05) is 32.1 Å². The summed E-state index contributed by atoms with van der Waals surface area (Å²) in [5.41, 5.74) is 3.34. The van der Waals surface area contributed by atoms with Crippen molar-refractivity contribution in [1.29, 1.82) is 0 Å². The molecule has 106 valence electrons. The van der Waals surface area contributed by atoms with E-state index in [9.17, 15) is 0 Å². The molecule has 0 amide bonds. The molecule has 1 aromatic rings. The number of hydrogen-bond donors (Lipinski definition) is 2. The van der Waals surface area contributed by atoms with Crippen molar-refractivity contribution in [2.24, 2.45) is 0 Å². The van der Waals surface area contributed by atoms with Crippen LogP contribution >= 0.6 is 0 Å². The minimum Gasteiger partial charge on any atom is -0.379 e. The van der Waals surface area contributed by atoms with Gasteiger partial charge in [0.1, 0.15) is 17.5 Å². The number of aryl methyl sites for hydroxylation is 1. The summed E-state index contributed by atoms with van der Waals surface area (Å²) in [7, 11) is 0. The first-order valence-electron chi connectivity index (χ1n) is 7.03. The topological polar surface area (TPSA) is 62.3 Å². The molecule has 1 aromatic heterocycles. The minimum atomic E-state index is 0.764. The van der Waals surface area contributed by atoms with Crippen LogP contribution in [0.1, 0.15) is 26.1 Å². The van der Waals surface area contributed by atoms with Crippen molar-refractivity contribution in [2.45, 2.75) is 26.7 Å². The number of ether oxygens (including phenoxy) is 1. The van der Waals surface area contributed by atoms with Gasteiger partial charge >= 0.3 is 0 Å². The molecular weight excluding hydrogens is 242 g/mol. The average Bonchev–Trinajstić information content (AvgIpc) is 2.40. The molecule has 2 heterocycles. The highest BCUT2D eigenvalue weighted by Gasteiger charge is 2.12. The van der Waals surface area contributed by atoms with Crippen LogP contribution in [0, 0.1) is 0 Å². The predicted molar refractivity (Wildman–Crippen MR) is 76.2 cm³/mol. The van der Waals surface area contributed by atoms with E-state index >= 15 is 0 Å². The Balaban J connectivity index is 2.08. The van der Waals surface area contributed by atoms with Crippen LogP contribution in [0.2, 0.25) is 0 Å². The van der Waals surface area contributed by atoms with Crippen molar-refractivity contribution in [3.63, 3.8) is 0 Å².